The number of carbonyl (C=O) groups excluding carboxylic acids is 3. The number of rotatable bonds is 7. The number of benzene rings is 1. The molecule has 1 saturated carbocycles. The molecule has 0 atom stereocenters. The molecule has 1 aromatic carbocycles. The van der Waals surface area contributed by atoms with Crippen LogP contribution < -0.4 is 15.8 Å². The van der Waals surface area contributed by atoms with Crippen molar-refractivity contribution in [2.45, 2.75) is 60.3 Å². The Bertz CT molecular complexity index is 743. The number of nitrogens with zero attached hydrogens (tertiary/aromatic N) is 1. The Labute approximate surface area is 185 Å². The average molecular weight is 432 g/mol. The van der Waals surface area contributed by atoms with Crippen molar-refractivity contribution in [2.75, 3.05) is 24.6 Å². The summed E-state index contributed by atoms with van der Waals surface area (Å²) in [5.74, 6) is -0.863. The Balaban J connectivity index is 1.72. The second-order valence-corrected chi connectivity index (χ2v) is 9.24. The number of hydrogen-bond donors (Lipinski definition) is 2. The normalized spacial score (nSPS) is 18.7. The first-order valence-corrected chi connectivity index (χ1v) is 11.3. The maximum atomic E-state index is 12.3. The molecule has 1 fully saturated rings. The van der Waals surface area contributed by atoms with Crippen molar-refractivity contribution in [2.24, 2.45) is 17.3 Å². The molecule has 0 spiro atoms. The third-order valence-corrected chi connectivity index (χ3v) is 6.20. The molecule has 0 aromatic heterocycles. The van der Waals surface area contributed by atoms with Crippen molar-refractivity contribution in [1.82, 2.24) is 10.9 Å². The number of carbonyl (C=O) groups is 3. The van der Waals surface area contributed by atoms with E-state index in [2.05, 4.69) is 50.4 Å². The van der Waals surface area contributed by atoms with Crippen molar-refractivity contribution in [3.8, 4) is 0 Å². The summed E-state index contributed by atoms with van der Waals surface area (Å²) < 4.78 is 5.16. The minimum atomic E-state index is -0.565. The number of amides is 2. The fraction of sp³-hybridized carbons (Fsp3) is 0.625. The van der Waals surface area contributed by atoms with E-state index in [4.69, 9.17) is 4.74 Å². The fourth-order valence-corrected chi connectivity index (χ4v) is 4.10. The van der Waals surface area contributed by atoms with Gasteiger partial charge in [0, 0.05) is 24.3 Å². The fourth-order valence-electron chi connectivity index (χ4n) is 4.10. The van der Waals surface area contributed by atoms with E-state index in [0.29, 0.717) is 11.5 Å². The van der Waals surface area contributed by atoms with Crippen molar-refractivity contribution in [3.63, 3.8) is 0 Å². The molecule has 1 aliphatic carbocycles. The first kappa shape index (κ1) is 24.7. The van der Waals surface area contributed by atoms with Gasteiger partial charge in [-0.2, -0.15) is 0 Å². The third kappa shape index (κ3) is 7.26. The van der Waals surface area contributed by atoms with Crippen molar-refractivity contribution in [1.29, 1.82) is 0 Å². The van der Waals surface area contributed by atoms with Gasteiger partial charge in [-0.3, -0.25) is 25.2 Å². The number of esters is 1. The average Bonchev–Trinajstić information content (AvgIpc) is 2.76. The monoisotopic (exact) mass is 431 g/mol. The van der Waals surface area contributed by atoms with Crippen LogP contribution in [0, 0.1) is 17.3 Å². The van der Waals surface area contributed by atoms with Crippen LogP contribution in [-0.4, -0.2) is 37.5 Å². The lowest BCUT2D eigenvalue weighted by molar-refractivity contribution is -0.154. The Morgan fingerprint density at radius 3 is 2.06 bits per heavy atom. The van der Waals surface area contributed by atoms with Crippen LogP contribution in [0.15, 0.2) is 24.3 Å². The molecule has 2 amide bonds. The zero-order valence-corrected chi connectivity index (χ0v) is 19.5. The molecule has 7 heteroatoms. The molecule has 1 aromatic rings. The molecule has 0 aliphatic heterocycles. The van der Waals surface area contributed by atoms with Crippen LogP contribution in [0.4, 0.5) is 5.69 Å². The molecular weight excluding hydrogens is 394 g/mol. The molecule has 2 N–H and O–H groups in total. The van der Waals surface area contributed by atoms with E-state index in [1.807, 2.05) is 12.1 Å². The SMILES string of the molecule is CCN(CC)c1ccc(C(=O)NNC(=O)COC(=O)C2CCC(C(C)(C)C)CC2)cc1. The van der Waals surface area contributed by atoms with E-state index >= 15 is 0 Å². The second kappa shape index (κ2) is 11.2. The van der Waals surface area contributed by atoms with Gasteiger partial charge in [0.25, 0.3) is 11.8 Å². The summed E-state index contributed by atoms with van der Waals surface area (Å²) in [5, 5.41) is 0. The number of anilines is 1. The third-order valence-electron chi connectivity index (χ3n) is 6.20. The highest BCUT2D eigenvalue weighted by Gasteiger charge is 2.33. The molecule has 0 heterocycles. The van der Waals surface area contributed by atoms with Gasteiger partial charge in [0.1, 0.15) is 0 Å². The molecular formula is C24H37N3O4. The zero-order chi connectivity index (χ0) is 23.0. The first-order valence-electron chi connectivity index (χ1n) is 11.3. The smallest absolute Gasteiger partial charge is 0.309 e. The minimum Gasteiger partial charge on any atom is -0.455 e. The van der Waals surface area contributed by atoms with Gasteiger partial charge in [0.05, 0.1) is 5.92 Å². The van der Waals surface area contributed by atoms with Crippen molar-refractivity contribution >= 4 is 23.5 Å². The predicted molar refractivity (Wildman–Crippen MR) is 121 cm³/mol. The van der Waals surface area contributed by atoms with Crippen molar-refractivity contribution in [3.05, 3.63) is 29.8 Å². The summed E-state index contributed by atoms with van der Waals surface area (Å²) in [6.07, 6.45) is 3.59. The summed E-state index contributed by atoms with van der Waals surface area (Å²) >= 11 is 0. The second-order valence-electron chi connectivity index (χ2n) is 9.24. The number of hydrazine groups is 1. The van der Waals surface area contributed by atoms with Crippen LogP contribution in [0.25, 0.3) is 0 Å². The molecule has 0 radical (unpaired) electrons. The molecule has 1 aliphatic rings. The van der Waals surface area contributed by atoms with Crippen LogP contribution in [-0.2, 0) is 14.3 Å². The highest BCUT2D eigenvalue weighted by Crippen LogP contribution is 2.40. The maximum Gasteiger partial charge on any atom is 0.309 e. The molecule has 31 heavy (non-hydrogen) atoms. The summed E-state index contributed by atoms with van der Waals surface area (Å²) in [4.78, 5) is 38.6. The molecule has 172 valence electrons. The Morgan fingerprint density at radius 2 is 1.55 bits per heavy atom. The largest absolute Gasteiger partial charge is 0.455 e. The molecule has 7 nitrogen and oxygen atoms in total. The molecule has 2 rings (SSSR count). The molecule has 0 saturated heterocycles. The van der Waals surface area contributed by atoms with Crippen LogP contribution in [0.5, 0.6) is 0 Å². The van der Waals surface area contributed by atoms with Crippen LogP contribution >= 0.6 is 0 Å². The summed E-state index contributed by atoms with van der Waals surface area (Å²) in [5.41, 5.74) is 6.38. The summed E-state index contributed by atoms with van der Waals surface area (Å²) in [7, 11) is 0. The van der Waals surface area contributed by atoms with Gasteiger partial charge in [-0.15, -0.1) is 0 Å². The van der Waals surface area contributed by atoms with Crippen LogP contribution in [0.3, 0.4) is 0 Å². The van der Waals surface area contributed by atoms with Crippen LogP contribution in [0.2, 0.25) is 0 Å². The van der Waals surface area contributed by atoms with Crippen molar-refractivity contribution < 1.29 is 19.1 Å². The van der Waals surface area contributed by atoms with E-state index in [1.54, 1.807) is 12.1 Å². The van der Waals surface area contributed by atoms with Gasteiger partial charge in [-0.25, -0.2) is 0 Å². The van der Waals surface area contributed by atoms with Gasteiger partial charge in [0.15, 0.2) is 6.61 Å². The highest BCUT2D eigenvalue weighted by molar-refractivity contribution is 5.95. The quantitative estimate of drug-likeness (QED) is 0.508. The van der Waals surface area contributed by atoms with Gasteiger partial charge in [-0.05, 0) is 75.1 Å². The number of ether oxygens (including phenoxy) is 1. The number of nitrogens with one attached hydrogen (secondary N) is 2. The van der Waals surface area contributed by atoms with Gasteiger partial charge in [-0.1, -0.05) is 20.8 Å². The molecule has 0 bridgehead atoms. The Hall–Kier alpha value is -2.57. The standard InChI is InChI=1S/C24H37N3O4/c1-6-27(7-2)20-14-10-17(11-15-20)22(29)26-25-21(28)16-31-23(30)18-8-12-19(13-9-18)24(3,4)5/h10-11,14-15,18-19H,6-9,12-13,16H2,1-5H3,(H,25,28)(H,26,29). The zero-order valence-electron chi connectivity index (χ0n) is 19.5. The van der Waals surface area contributed by atoms with E-state index in [9.17, 15) is 14.4 Å². The van der Waals surface area contributed by atoms with E-state index in [1.165, 1.54) is 0 Å². The predicted octanol–water partition coefficient (Wildman–Crippen LogP) is 3.69. The van der Waals surface area contributed by atoms with Gasteiger partial charge in [0.2, 0.25) is 0 Å². The molecule has 0 unspecified atom stereocenters. The Morgan fingerprint density at radius 1 is 0.968 bits per heavy atom. The first-order chi connectivity index (χ1) is 14.7. The van der Waals surface area contributed by atoms with Crippen LogP contribution in [0.1, 0.15) is 70.7 Å². The lowest BCUT2D eigenvalue weighted by Crippen LogP contribution is -2.44. The summed E-state index contributed by atoms with van der Waals surface area (Å²) in [6.45, 7) is 12.2. The summed E-state index contributed by atoms with van der Waals surface area (Å²) in [6, 6.07) is 7.17. The number of hydrogen-bond acceptors (Lipinski definition) is 5. The minimum absolute atomic E-state index is 0.148. The Kier molecular flexibility index (Phi) is 8.89. The lowest BCUT2D eigenvalue weighted by atomic mass is 9.70. The lowest BCUT2D eigenvalue weighted by Gasteiger charge is -2.36. The van der Waals surface area contributed by atoms with E-state index in [0.717, 1.165) is 44.5 Å². The van der Waals surface area contributed by atoms with Gasteiger partial charge < -0.3 is 9.64 Å². The van der Waals surface area contributed by atoms with Gasteiger partial charge >= 0.3 is 5.97 Å². The maximum absolute atomic E-state index is 12.3. The van der Waals surface area contributed by atoms with E-state index in [-0.39, 0.29) is 17.3 Å². The highest BCUT2D eigenvalue weighted by atomic mass is 16.5. The topological polar surface area (TPSA) is 87.7 Å². The van der Waals surface area contributed by atoms with E-state index < -0.39 is 18.4 Å².